The number of nitrogens with zero attached hydrogens (tertiary/aromatic N) is 2. The van der Waals surface area contributed by atoms with Gasteiger partial charge in [-0.3, -0.25) is 4.79 Å². The lowest BCUT2D eigenvalue weighted by atomic mass is 10.1. The number of thiocarbonyl (C=S) groups is 1. The van der Waals surface area contributed by atoms with Gasteiger partial charge in [-0.15, -0.1) is 0 Å². The van der Waals surface area contributed by atoms with Crippen LogP contribution in [0.5, 0.6) is 0 Å². The molecule has 6 heteroatoms. The van der Waals surface area contributed by atoms with Gasteiger partial charge in [0.2, 0.25) is 5.91 Å². The van der Waals surface area contributed by atoms with Crippen molar-refractivity contribution in [3.63, 3.8) is 0 Å². The van der Waals surface area contributed by atoms with Crippen molar-refractivity contribution >= 4 is 28.8 Å². The first-order chi connectivity index (χ1) is 9.58. The van der Waals surface area contributed by atoms with Gasteiger partial charge < -0.3 is 11.1 Å². The molecule has 0 aliphatic heterocycles. The van der Waals surface area contributed by atoms with E-state index < -0.39 is 11.8 Å². The van der Waals surface area contributed by atoms with Crippen molar-refractivity contribution in [1.82, 2.24) is 9.97 Å². The molecule has 0 aliphatic rings. The van der Waals surface area contributed by atoms with Crippen LogP contribution in [0.4, 0.5) is 5.69 Å². The summed E-state index contributed by atoms with van der Waals surface area (Å²) < 4.78 is 0. The maximum Gasteiger partial charge on any atom is 0.235 e. The second-order valence-electron chi connectivity index (χ2n) is 4.30. The zero-order valence-corrected chi connectivity index (χ0v) is 11.7. The number of aryl methyl sites for hydroxylation is 1. The van der Waals surface area contributed by atoms with E-state index in [2.05, 4.69) is 15.3 Å². The molecule has 0 bridgehead atoms. The van der Waals surface area contributed by atoms with E-state index in [4.69, 9.17) is 18.0 Å². The highest BCUT2D eigenvalue weighted by Crippen LogP contribution is 2.16. The normalized spacial score (nSPS) is 11.7. The zero-order chi connectivity index (χ0) is 14.5. The van der Waals surface area contributed by atoms with E-state index in [1.807, 2.05) is 31.2 Å². The van der Waals surface area contributed by atoms with Gasteiger partial charge >= 0.3 is 0 Å². The standard InChI is InChI=1S/C14H14N4OS/c1-9-4-2-5-10(8-9)18-14(20)11(12(15)19)13-16-6-3-7-17-13/h2-8,11H,1H3,(H2,15,19)(H,18,20). The molecule has 0 aliphatic carbocycles. The van der Waals surface area contributed by atoms with Gasteiger partial charge in [0.15, 0.2) is 0 Å². The highest BCUT2D eigenvalue weighted by molar-refractivity contribution is 7.80. The SMILES string of the molecule is Cc1cccc(NC(=S)C(C(N)=O)c2ncccn2)c1. The quantitative estimate of drug-likeness (QED) is 0.838. The average molecular weight is 286 g/mol. The molecule has 2 aromatic rings. The van der Waals surface area contributed by atoms with Crippen LogP contribution in [0.15, 0.2) is 42.7 Å². The second-order valence-corrected chi connectivity index (χ2v) is 4.74. The Bertz CT molecular complexity index is 630. The Kier molecular flexibility index (Phi) is 4.37. The van der Waals surface area contributed by atoms with E-state index in [0.717, 1.165) is 11.3 Å². The number of primary amides is 1. The Labute approximate surface area is 122 Å². The summed E-state index contributed by atoms with van der Waals surface area (Å²) in [6, 6.07) is 9.33. The largest absolute Gasteiger partial charge is 0.369 e. The fourth-order valence-electron chi connectivity index (χ4n) is 1.77. The lowest BCUT2D eigenvalue weighted by molar-refractivity contribution is -0.118. The van der Waals surface area contributed by atoms with Crippen molar-refractivity contribution < 1.29 is 4.79 Å². The van der Waals surface area contributed by atoms with Gasteiger partial charge in [-0.2, -0.15) is 0 Å². The predicted molar refractivity (Wildman–Crippen MR) is 81.4 cm³/mol. The smallest absolute Gasteiger partial charge is 0.235 e. The van der Waals surface area contributed by atoms with Crippen LogP contribution in [-0.2, 0) is 4.79 Å². The molecule has 1 aromatic heterocycles. The third-order valence-corrected chi connectivity index (χ3v) is 3.01. The van der Waals surface area contributed by atoms with Crippen LogP contribution in [0.1, 0.15) is 17.3 Å². The molecule has 1 unspecified atom stereocenters. The van der Waals surface area contributed by atoms with Gasteiger partial charge in [-0.05, 0) is 30.7 Å². The summed E-state index contributed by atoms with van der Waals surface area (Å²) >= 11 is 5.27. The molecule has 0 spiro atoms. The van der Waals surface area contributed by atoms with Crippen LogP contribution in [-0.4, -0.2) is 20.9 Å². The summed E-state index contributed by atoms with van der Waals surface area (Å²) in [7, 11) is 0. The summed E-state index contributed by atoms with van der Waals surface area (Å²) in [6.45, 7) is 1.97. The molecule has 20 heavy (non-hydrogen) atoms. The van der Waals surface area contributed by atoms with E-state index in [0.29, 0.717) is 5.82 Å². The van der Waals surface area contributed by atoms with Crippen LogP contribution in [0.3, 0.4) is 0 Å². The Balaban J connectivity index is 2.23. The number of aromatic nitrogens is 2. The van der Waals surface area contributed by atoms with Crippen LogP contribution in [0.2, 0.25) is 0 Å². The Morgan fingerprint density at radius 3 is 2.60 bits per heavy atom. The molecule has 1 atom stereocenters. The molecule has 1 amide bonds. The van der Waals surface area contributed by atoms with E-state index in [9.17, 15) is 4.79 Å². The first-order valence-electron chi connectivity index (χ1n) is 6.01. The number of hydrogen-bond donors (Lipinski definition) is 2. The van der Waals surface area contributed by atoms with E-state index in [1.165, 1.54) is 0 Å². The predicted octanol–water partition coefficient (Wildman–Crippen LogP) is 1.79. The van der Waals surface area contributed by atoms with Crippen molar-refractivity contribution in [2.24, 2.45) is 5.73 Å². The molecule has 0 fully saturated rings. The van der Waals surface area contributed by atoms with Crippen LogP contribution >= 0.6 is 12.2 Å². The number of nitrogens with two attached hydrogens (primary N) is 1. The number of carbonyl (C=O) groups is 1. The molecule has 1 heterocycles. The summed E-state index contributed by atoms with van der Waals surface area (Å²) in [5.41, 5.74) is 7.30. The first-order valence-corrected chi connectivity index (χ1v) is 6.42. The minimum absolute atomic E-state index is 0.286. The third kappa shape index (κ3) is 3.36. The topological polar surface area (TPSA) is 80.9 Å². The van der Waals surface area contributed by atoms with E-state index in [1.54, 1.807) is 18.5 Å². The molecular weight excluding hydrogens is 272 g/mol. The van der Waals surface area contributed by atoms with Crippen LogP contribution < -0.4 is 11.1 Å². The fourth-order valence-corrected chi connectivity index (χ4v) is 2.11. The molecule has 0 saturated carbocycles. The van der Waals surface area contributed by atoms with Gasteiger partial charge in [-0.25, -0.2) is 9.97 Å². The van der Waals surface area contributed by atoms with Crippen molar-refractivity contribution in [2.45, 2.75) is 12.8 Å². The lowest BCUT2D eigenvalue weighted by Crippen LogP contribution is -2.32. The highest BCUT2D eigenvalue weighted by atomic mass is 32.1. The molecular formula is C14H14N4OS. The summed E-state index contributed by atoms with van der Waals surface area (Å²) in [4.78, 5) is 20.0. The molecule has 3 N–H and O–H groups in total. The second kappa shape index (κ2) is 6.21. The molecule has 1 aromatic carbocycles. The number of hydrogen-bond acceptors (Lipinski definition) is 4. The summed E-state index contributed by atoms with van der Waals surface area (Å²) in [6.07, 6.45) is 3.10. The average Bonchev–Trinajstić information content (AvgIpc) is 2.39. The number of benzene rings is 1. The minimum atomic E-state index is -0.841. The van der Waals surface area contributed by atoms with Gasteiger partial charge in [0.05, 0.1) is 0 Å². The number of rotatable bonds is 4. The van der Waals surface area contributed by atoms with Crippen LogP contribution in [0, 0.1) is 6.92 Å². The van der Waals surface area contributed by atoms with Gasteiger partial charge in [0.25, 0.3) is 0 Å². The molecule has 5 nitrogen and oxygen atoms in total. The molecule has 102 valence electrons. The van der Waals surface area contributed by atoms with Crippen molar-refractivity contribution in [1.29, 1.82) is 0 Å². The van der Waals surface area contributed by atoms with Gasteiger partial charge in [0.1, 0.15) is 16.7 Å². The zero-order valence-electron chi connectivity index (χ0n) is 10.9. The molecule has 0 saturated heterocycles. The Morgan fingerprint density at radius 1 is 1.30 bits per heavy atom. The summed E-state index contributed by atoms with van der Waals surface area (Å²) in [5.74, 6) is -1.13. The fraction of sp³-hybridized carbons (Fsp3) is 0.143. The molecule has 2 rings (SSSR count). The monoisotopic (exact) mass is 286 g/mol. The summed E-state index contributed by atoms with van der Waals surface area (Å²) in [5, 5.41) is 3.01. The number of carbonyl (C=O) groups excluding carboxylic acids is 1. The maximum atomic E-state index is 11.6. The van der Waals surface area contributed by atoms with Crippen molar-refractivity contribution in [3.05, 3.63) is 54.1 Å². The van der Waals surface area contributed by atoms with E-state index >= 15 is 0 Å². The third-order valence-electron chi connectivity index (χ3n) is 2.68. The lowest BCUT2D eigenvalue weighted by Gasteiger charge is -2.15. The molecule has 0 radical (unpaired) electrons. The van der Waals surface area contributed by atoms with Gasteiger partial charge in [-0.1, -0.05) is 24.4 Å². The van der Waals surface area contributed by atoms with Gasteiger partial charge in [0, 0.05) is 18.1 Å². The van der Waals surface area contributed by atoms with Crippen molar-refractivity contribution in [2.75, 3.05) is 5.32 Å². The number of nitrogens with one attached hydrogen (secondary N) is 1. The Morgan fingerprint density at radius 2 is 2.00 bits per heavy atom. The van der Waals surface area contributed by atoms with E-state index in [-0.39, 0.29) is 4.99 Å². The number of anilines is 1. The maximum absolute atomic E-state index is 11.6. The van der Waals surface area contributed by atoms with Crippen molar-refractivity contribution in [3.8, 4) is 0 Å². The first kappa shape index (κ1) is 14.1. The van der Waals surface area contributed by atoms with Crippen LogP contribution in [0.25, 0.3) is 0 Å². The Hall–Kier alpha value is -2.34. The minimum Gasteiger partial charge on any atom is -0.369 e. The highest BCUT2D eigenvalue weighted by Gasteiger charge is 2.25. The number of amides is 1.